The van der Waals surface area contributed by atoms with Crippen LogP contribution in [0.25, 0.3) is 0 Å². The lowest BCUT2D eigenvalue weighted by atomic mass is 9.89. The van der Waals surface area contributed by atoms with E-state index >= 15 is 4.39 Å². The Morgan fingerprint density at radius 3 is 1.61 bits per heavy atom. The van der Waals surface area contributed by atoms with E-state index in [1.54, 1.807) is 24.3 Å². The van der Waals surface area contributed by atoms with Gasteiger partial charge in [0.25, 0.3) is 0 Å². The van der Waals surface area contributed by atoms with Crippen LogP contribution in [0.1, 0.15) is 16.7 Å². The molecule has 3 aromatic carbocycles. The largest absolute Gasteiger partial charge is 0.289 e. The van der Waals surface area contributed by atoms with Crippen molar-refractivity contribution in [3.63, 3.8) is 0 Å². The first-order valence-corrected chi connectivity index (χ1v) is 7.64. The summed E-state index contributed by atoms with van der Waals surface area (Å²) >= 11 is 0. The first-order chi connectivity index (χ1) is 11.3. The molecule has 0 heterocycles. The summed E-state index contributed by atoms with van der Waals surface area (Å²) in [4.78, 5) is 4.37. The standard InChI is InChI=1S/C21H18FN/c22-21(19-12-6-2-7-13-19,20-14-8-3-9-15-20)17-23-16-18-10-4-1-5-11-18/h1-15,17H,16H2. The first kappa shape index (κ1) is 15.2. The average molecular weight is 303 g/mol. The Kier molecular flexibility index (Phi) is 4.62. The molecule has 0 saturated heterocycles. The molecule has 2 heteroatoms. The third kappa shape index (κ3) is 3.54. The number of aliphatic imine (C=N–C) groups is 1. The van der Waals surface area contributed by atoms with Crippen LogP contribution in [0, 0.1) is 0 Å². The molecule has 0 N–H and O–H groups in total. The zero-order valence-electron chi connectivity index (χ0n) is 12.8. The smallest absolute Gasteiger partial charge is 0.195 e. The molecule has 0 aromatic heterocycles. The second-order valence-corrected chi connectivity index (χ2v) is 5.40. The van der Waals surface area contributed by atoms with Crippen LogP contribution in [-0.4, -0.2) is 6.21 Å². The van der Waals surface area contributed by atoms with Crippen LogP contribution in [0.2, 0.25) is 0 Å². The normalized spacial score (nSPS) is 11.7. The van der Waals surface area contributed by atoms with Crippen LogP contribution in [0.5, 0.6) is 0 Å². The van der Waals surface area contributed by atoms with E-state index in [2.05, 4.69) is 4.99 Å². The summed E-state index contributed by atoms with van der Waals surface area (Å²) < 4.78 is 15.8. The van der Waals surface area contributed by atoms with Gasteiger partial charge in [-0.2, -0.15) is 0 Å². The highest BCUT2D eigenvalue weighted by molar-refractivity contribution is 5.76. The van der Waals surface area contributed by atoms with Gasteiger partial charge in [-0.15, -0.1) is 0 Å². The van der Waals surface area contributed by atoms with Crippen LogP contribution < -0.4 is 0 Å². The summed E-state index contributed by atoms with van der Waals surface area (Å²) in [5.74, 6) is 0. The molecule has 0 spiro atoms. The van der Waals surface area contributed by atoms with Crippen molar-refractivity contribution in [1.82, 2.24) is 0 Å². The van der Waals surface area contributed by atoms with Gasteiger partial charge in [-0.1, -0.05) is 91.0 Å². The zero-order valence-corrected chi connectivity index (χ0v) is 12.8. The average Bonchev–Trinajstić information content (AvgIpc) is 2.64. The third-order valence-electron chi connectivity index (χ3n) is 3.77. The topological polar surface area (TPSA) is 12.4 Å². The van der Waals surface area contributed by atoms with Crippen molar-refractivity contribution in [3.05, 3.63) is 108 Å². The SMILES string of the molecule is FC(C=NCc1ccccc1)(c1ccccc1)c1ccccc1. The molecule has 0 fully saturated rings. The minimum absolute atomic E-state index is 0.464. The zero-order chi connectivity index (χ0) is 16.0. The van der Waals surface area contributed by atoms with E-state index in [0.29, 0.717) is 17.7 Å². The van der Waals surface area contributed by atoms with Gasteiger partial charge in [-0.25, -0.2) is 4.39 Å². The van der Waals surface area contributed by atoms with Crippen molar-refractivity contribution in [2.75, 3.05) is 0 Å². The molecule has 0 radical (unpaired) electrons. The summed E-state index contributed by atoms with van der Waals surface area (Å²) in [7, 11) is 0. The molecule has 3 rings (SSSR count). The minimum atomic E-state index is -1.72. The molecule has 0 amide bonds. The maximum Gasteiger partial charge on any atom is 0.195 e. The number of hydrogen-bond acceptors (Lipinski definition) is 1. The summed E-state index contributed by atoms with van der Waals surface area (Å²) in [6, 6.07) is 28.2. The first-order valence-electron chi connectivity index (χ1n) is 7.64. The maximum atomic E-state index is 15.8. The van der Waals surface area contributed by atoms with Gasteiger partial charge in [0.1, 0.15) is 0 Å². The summed E-state index contributed by atoms with van der Waals surface area (Å²) in [5, 5.41) is 0. The highest BCUT2D eigenvalue weighted by Crippen LogP contribution is 2.32. The van der Waals surface area contributed by atoms with Crippen molar-refractivity contribution in [2.45, 2.75) is 12.2 Å². The van der Waals surface area contributed by atoms with Gasteiger partial charge >= 0.3 is 0 Å². The predicted octanol–water partition coefficient (Wildman–Crippen LogP) is 5.17. The van der Waals surface area contributed by atoms with Crippen molar-refractivity contribution < 1.29 is 4.39 Å². The molecule has 0 aliphatic carbocycles. The van der Waals surface area contributed by atoms with Crippen molar-refractivity contribution >= 4 is 6.21 Å². The van der Waals surface area contributed by atoms with Crippen molar-refractivity contribution in [1.29, 1.82) is 0 Å². The monoisotopic (exact) mass is 303 g/mol. The molecule has 23 heavy (non-hydrogen) atoms. The number of halogens is 1. The molecule has 0 atom stereocenters. The van der Waals surface area contributed by atoms with Gasteiger partial charge in [-0.05, 0) is 16.7 Å². The second kappa shape index (κ2) is 7.01. The van der Waals surface area contributed by atoms with E-state index in [1.807, 2.05) is 66.7 Å². The van der Waals surface area contributed by atoms with E-state index in [1.165, 1.54) is 6.21 Å². The lowest BCUT2D eigenvalue weighted by Crippen LogP contribution is -2.23. The summed E-state index contributed by atoms with van der Waals surface area (Å²) in [6.07, 6.45) is 1.42. The summed E-state index contributed by atoms with van der Waals surface area (Å²) in [6.45, 7) is 0.464. The van der Waals surface area contributed by atoms with Gasteiger partial charge < -0.3 is 0 Å². The highest BCUT2D eigenvalue weighted by atomic mass is 19.1. The number of rotatable bonds is 5. The van der Waals surface area contributed by atoms with Gasteiger partial charge in [0.05, 0.1) is 6.54 Å². The fraction of sp³-hybridized carbons (Fsp3) is 0.0952. The Morgan fingerprint density at radius 1 is 0.696 bits per heavy atom. The van der Waals surface area contributed by atoms with Crippen LogP contribution in [-0.2, 0) is 12.2 Å². The molecule has 0 aliphatic rings. The lowest BCUT2D eigenvalue weighted by Gasteiger charge is -2.22. The molecule has 0 saturated carbocycles. The molecule has 114 valence electrons. The Bertz CT molecular complexity index is 712. The van der Waals surface area contributed by atoms with Gasteiger partial charge in [-0.3, -0.25) is 4.99 Å². The Hall–Kier alpha value is -2.74. The molecular weight excluding hydrogens is 285 g/mol. The van der Waals surface area contributed by atoms with Gasteiger partial charge in [0.15, 0.2) is 5.67 Å². The van der Waals surface area contributed by atoms with Crippen LogP contribution in [0.3, 0.4) is 0 Å². The van der Waals surface area contributed by atoms with E-state index < -0.39 is 5.67 Å². The number of alkyl halides is 1. The van der Waals surface area contributed by atoms with E-state index in [9.17, 15) is 0 Å². The Morgan fingerprint density at radius 2 is 1.13 bits per heavy atom. The van der Waals surface area contributed by atoms with E-state index in [4.69, 9.17) is 0 Å². The lowest BCUT2D eigenvalue weighted by molar-refractivity contribution is 0.327. The van der Waals surface area contributed by atoms with Crippen molar-refractivity contribution in [2.24, 2.45) is 4.99 Å². The Balaban J connectivity index is 1.93. The van der Waals surface area contributed by atoms with Crippen molar-refractivity contribution in [3.8, 4) is 0 Å². The molecule has 1 nitrogen and oxygen atoms in total. The Labute approximate surface area is 136 Å². The molecule has 3 aromatic rings. The van der Waals surface area contributed by atoms with Crippen LogP contribution in [0.15, 0.2) is 96.0 Å². The maximum absolute atomic E-state index is 15.8. The van der Waals surface area contributed by atoms with Gasteiger partial charge in [0, 0.05) is 6.21 Å². The highest BCUT2D eigenvalue weighted by Gasteiger charge is 2.31. The molecule has 0 aliphatic heterocycles. The predicted molar refractivity (Wildman–Crippen MR) is 93.4 cm³/mol. The molecule has 0 bridgehead atoms. The fourth-order valence-corrected chi connectivity index (χ4v) is 2.54. The van der Waals surface area contributed by atoms with E-state index in [0.717, 1.165) is 5.56 Å². The van der Waals surface area contributed by atoms with Crippen LogP contribution in [0.4, 0.5) is 4.39 Å². The van der Waals surface area contributed by atoms with Gasteiger partial charge in [0.2, 0.25) is 0 Å². The quantitative estimate of drug-likeness (QED) is 0.577. The number of benzene rings is 3. The van der Waals surface area contributed by atoms with E-state index in [-0.39, 0.29) is 0 Å². The number of hydrogen-bond donors (Lipinski definition) is 0. The summed E-state index contributed by atoms with van der Waals surface area (Å²) in [5.41, 5.74) is 0.510. The number of nitrogens with zero attached hydrogens (tertiary/aromatic N) is 1. The molecule has 0 unspecified atom stereocenters. The second-order valence-electron chi connectivity index (χ2n) is 5.40. The minimum Gasteiger partial charge on any atom is -0.289 e. The fourth-order valence-electron chi connectivity index (χ4n) is 2.54. The molecular formula is C21H18FN. The van der Waals surface area contributed by atoms with Crippen LogP contribution >= 0.6 is 0 Å². The third-order valence-corrected chi connectivity index (χ3v) is 3.77.